The zero-order chi connectivity index (χ0) is 29.9. The Labute approximate surface area is 251 Å². The lowest BCUT2D eigenvalue weighted by Crippen LogP contribution is -2.01. The molecule has 0 unspecified atom stereocenters. The molecule has 0 bridgehead atoms. The highest BCUT2D eigenvalue weighted by molar-refractivity contribution is 5.70. The van der Waals surface area contributed by atoms with E-state index in [1.165, 1.54) is 24.3 Å². The van der Waals surface area contributed by atoms with Crippen LogP contribution in [-0.4, -0.2) is 29.9 Å². The molecule has 0 radical (unpaired) electrons. The van der Waals surface area contributed by atoms with Crippen molar-refractivity contribution in [2.45, 2.75) is 0 Å². The number of benzene rings is 5. The topological polar surface area (TPSA) is 77.3 Å². The number of hydrogen-bond acceptors (Lipinski definition) is 6. The van der Waals surface area contributed by atoms with Crippen molar-refractivity contribution < 1.29 is 8.78 Å². The lowest BCUT2D eigenvalue weighted by atomic mass is 10.1. The summed E-state index contributed by atoms with van der Waals surface area (Å²) in [6, 6.07) is 39.0. The minimum absolute atomic E-state index is 0.360. The minimum Gasteiger partial charge on any atom is -0.208 e. The van der Waals surface area contributed by atoms with Crippen LogP contribution < -0.4 is 0 Å². The number of aromatic nitrogens is 6. The van der Waals surface area contributed by atoms with Crippen LogP contribution in [0.2, 0.25) is 0 Å². The van der Waals surface area contributed by atoms with E-state index in [0.29, 0.717) is 46.1 Å². The predicted molar refractivity (Wildman–Crippen MR) is 166 cm³/mol. The summed E-state index contributed by atoms with van der Waals surface area (Å²) < 4.78 is 27.3. The molecule has 0 aliphatic heterocycles. The fraction of sp³-hybridized carbons (Fsp3) is 0. The van der Waals surface area contributed by atoms with Crippen LogP contribution in [0, 0.1) is 11.6 Å². The van der Waals surface area contributed by atoms with Gasteiger partial charge < -0.3 is 0 Å². The van der Waals surface area contributed by atoms with Crippen LogP contribution in [-0.2, 0) is 0 Å². The molecule has 0 spiro atoms. The first-order valence-electron chi connectivity index (χ1n) is 13.8. The molecular formula is C36H22F2N6. The molecule has 6 nitrogen and oxygen atoms in total. The average Bonchev–Trinajstić information content (AvgIpc) is 3.09. The van der Waals surface area contributed by atoms with Gasteiger partial charge in [-0.3, -0.25) is 0 Å². The van der Waals surface area contributed by atoms with Crippen molar-refractivity contribution in [2.24, 2.45) is 0 Å². The molecular weight excluding hydrogens is 554 g/mol. The summed E-state index contributed by atoms with van der Waals surface area (Å²) in [5, 5.41) is 0. The maximum atomic E-state index is 13.6. The molecule has 0 aliphatic rings. The van der Waals surface area contributed by atoms with Crippen molar-refractivity contribution in [2.75, 3.05) is 0 Å². The van der Waals surface area contributed by atoms with E-state index in [2.05, 4.69) is 4.98 Å². The summed E-state index contributed by atoms with van der Waals surface area (Å²) in [5.74, 6) is 2.11. The van der Waals surface area contributed by atoms with Crippen molar-refractivity contribution in [3.63, 3.8) is 0 Å². The third-order valence-electron chi connectivity index (χ3n) is 6.94. The highest BCUT2D eigenvalue weighted by Gasteiger charge is 2.15. The molecule has 44 heavy (non-hydrogen) atoms. The van der Waals surface area contributed by atoms with Gasteiger partial charge in [-0.2, -0.15) is 0 Å². The van der Waals surface area contributed by atoms with E-state index in [4.69, 9.17) is 24.9 Å². The van der Waals surface area contributed by atoms with Crippen molar-refractivity contribution >= 4 is 0 Å². The van der Waals surface area contributed by atoms with E-state index in [0.717, 1.165) is 22.3 Å². The molecule has 0 saturated heterocycles. The smallest absolute Gasteiger partial charge is 0.164 e. The molecule has 0 atom stereocenters. The first kappa shape index (κ1) is 26.9. The molecule has 5 aromatic carbocycles. The molecule has 210 valence electrons. The Balaban J connectivity index is 1.31. The van der Waals surface area contributed by atoms with Gasteiger partial charge in [-0.05, 0) is 48.5 Å². The molecule has 0 aliphatic carbocycles. The van der Waals surface area contributed by atoms with E-state index < -0.39 is 0 Å². The summed E-state index contributed by atoms with van der Waals surface area (Å²) in [5.41, 5.74) is 4.54. The zero-order valence-electron chi connectivity index (χ0n) is 23.1. The van der Waals surface area contributed by atoms with E-state index in [1.54, 1.807) is 24.3 Å². The lowest BCUT2D eigenvalue weighted by molar-refractivity contribution is 0.627. The third kappa shape index (κ3) is 5.69. The van der Waals surface area contributed by atoms with Gasteiger partial charge in [-0.15, -0.1) is 0 Å². The lowest BCUT2D eigenvalue weighted by Gasteiger charge is -2.10. The molecule has 8 heteroatoms. The number of halogens is 2. The predicted octanol–water partition coefficient (Wildman–Crippen LogP) is 8.34. The van der Waals surface area contributed by atoms with Gasteiger partial charge in [-0.1, -0.05) is 84.9 Å². The average molecular weight is 577 g/mol. The van der Waals surface area contributed by atoms with Crippen LogP contribution in [0.5, 0.6) is 0 Å². The fourth-order valence-corrected chi connectivity index (χ4v) is 4.67. The SMILES string of the molecule is Fc1ccc(-c2nc(-c3ccc(F)cc3)nc(-c3ccc(-c4nc(-c5ccccc5)nc(-c5ccccc5)n4)cc3)n2)cc1. The van der Waals surface area contributed by atoms with Crippen molar-refractivity contribution in [1.82, 2.24) is 29.9 Å². The highest BCUT2D eigenvalue weighted by Crippen LogP contribution is 2.28. The molecule has 0 amide bonds. The normalized spacial score (nSPS) is 11.0. The molecule has 0 N–H and O–H groups in total. The van der Waals surface area contributed by atoms with Crippen LogP contribution >= 0.6 is 0 Å². The Hall–Kier alpha value is -6.02. The third-order valence-corrected chi connectivity index (χ3v) is 6.94. The number of hydrogen-bond donors (Lipinski definition) is 0. The molecule has 2 heterocycles. The Kier molecular flexibility index (Phi) is 7.14. The molecule has 2 aromatic heterocycles. The summed E-state index contributed by atoms with van der Waals surface area (Å²) in [6.45, 7) is 0. The fourth-order valence-electron chi connectivity index (χ4n) is 4.67. The van der Waals surface area contributed by atoms with Gasteiger partial charge in [0.1, 0.15) is 11.6 Å². The quantitative estimate of drug-likeness (QED) is 0.198. The van der Waals surface area contributed by atoms with Gasteiger partial charge in [0.2, 0.25) is 0 Å². The van der Waals surface area contributed by atoms with Gasteiger partial charge in [0.15, 0.2) is 34.9 Å². The first-order valence-corrected chi connectivity index (χ1v) is 13.8. The standard InChI is InChI=1S/C36H22F2N6/c37-29-19-15-27(16-20-29)35-42-34(43-36(44-35)28-17-21-30(38)22-18-28)26-13-11-25(12-14-26)33-40-31(23-7-3-1-4-8-23)39-32(41-33)24-9-5-2-6-10-24/h1-22H. The van der Waals surface area contributed by atoms with Gasteiger partial charge in [-0.25, -0.2) is 38.7 Å². The number of rotatable bonds is 6. The van der Waals surface area contributed by atoms with Crippen LogP contribution in [0.1, 0.15) is 0 Å². The monoisotopic (exact) mass is 576 g/mol. The van der Waals surface area contributed by atoms with Crippen LogP contribution in [0.4, 0.5) is 8.78 Å². The van der Waals surface area contributed by atoms with Gasteiger partial charge >= 0.3 is 0 Å². The minimum atomic E-state index is -0.360. The highest BCUT2D eigenvalue weighted by atomic mass is 19.1. The maximum absolute atomic E-state index is 13.6. The van der Waals surface area contributed by atoms with E-state index in [9.17, 15) is 8.78 Å². The number of nitrogens with zero attached hydrogens (tertiary/aromatic N) is 6. The molecule has 0 fully saturated rings. The van der Waals surface area contributed by atoms with Crippen LogP contribution in [0.15, 0.2) is 133 Å². The van der Waals surface area contributed by atoms with E-state index in [-0.39, 0.29) is 11.6 Å². The second kappa shape index (κ2) is 11.7. The Morgan fingerprint density at radius 1 is 0.250 bits per heavy atom. The van der Waals surface area contributed by atoms with Crippen molar-refractivity contribution in [3.05, 3.63) is 145 Å². The summed E-state index contributed by atoms with van der Waals surface area (Å²) in [7, 11) is 0. The van der Waals surface area contributed by atoms with Crippen LogP contribution in [0.25, 0.3) is 68.3 Å². The second-order valence-electron chi connectivity index (χ2n) is 9.94. The van der Waals surface area contributed by atoms with Crippen LogP contribution in [0.3, 0.4) is 0 Å². The van der Waals surface area contributed by atoms with E-state index in [1.807, 2.05) is 84.9 Å². The molecule has 7 aromatic rings. The van der Waals surface area contributed by atoms with Gasteiger partial charge in [0.05, 0.1) is 0 Å². The largest absolute Gasteiger partial charge is 0.208 e. The molecule has 7 rings (SSSR count). The molecule has 0 saturated carbocycles. The summed E-state index contributed by atoms with van der Waals surface area (Å²) >= 11 is 0. The Morgan fingerprint density at radius 3 is 0.705 bits per heavy atom. The first-order chi connectivity index (χ1) is 21.6. The zero-order valence-corrected chi connectivity index (χ0v) is 23.1. The van der Waals surface area contributed by atoms with Crippen molar-refractivity contribution in [3.8, 4) is 68.3 Å². The Bertz CT molecular complexity index is 1930. The maximum Gasteiger partial charge on any atom is 0.164 e. The summed E-state index contributed by atoms with van der Waals surface area (Å²) in [4.78, 5) is 28.4. The summed E-state index contributed by atoms with van der Waals surface area (Å²) in [6.07, 6.45) is 0. The van der Waals surface area contributed by atoms with Gasteiger partial charge in [0, 0.05) is 33.4 Å². The second-order valence-corrected chi connectivity index (χ2v) is 9.94. The Morgan fingerprint density at radius 2 is 0.455 bits per heavy atom. The van der Waals surface area contributed by atoms with Crippen molar-refractivity contribution in [1.29, 1.82) is 0 Å². The van der Waals surface area contributed by atoms with Gasteiger partial charge in [0.25, 0.3) is 0 Å². The van der Waals surface area contributed by atoms with E-state index >= 15 is 0 Å².